The summed E-state index contributed by atoms with van der Waals surface area (Å²) in [5.41, 5.74) is 3.45. The number of ether oxygens (including phenoxy) is 1. The van der Waals surface area contributed by atoms with Crippen molar-refractivity contribution in [3.05, 3.63) is 52.7 Å². The molecule has 1 aliphatic heterocycles. The predicted octanol–water partition coefficient (Wildman–Crippen LogP) is 4.44. The maximum absolute atomic E-state index is 6.13. The van der Waals surface area contributed by atoms with E-state index < -0.39 is 0 Å². The zero-order chi connectivity index (χ0) is 19.9. The summed E-state index contributed by atoms with van der Waals surface area (Å²) >= 11 is 0. The van der Waals surface area contributed by atoms with Crippen molar-refractivity contribution in [2.45, 2.75) is 53.2 Å². The fraction of sp³-hybridized carbons (Fsp3) is 0.545. The number of nitrogens with zero attached hydrogens (tertiary/aromatic N) is 2. The first-order chi connectivity index (χ1) is 13.6. The molecule has 0 saturated carbocycles. The molecule has 160 valence electrons. The van der Waals surface area contributed by atoms with E-state index in [1.54, 1.807) is 0 Å². The molecular formula is C22H33IN4O2. The van der Waals surface area contributed by atoms with Gasteiger partial charge in [0.2, 0.25) is 5.89 Å². The van der Waals surface area contributed by atoms with Gasteiger partial charge in [-0.2, -0.15) is 0 Å². The van der Waals surface area contributed by atoms with Crippen molar-refractivity contribution in [1.82, 2.24) is 15.6 Å². The minimum Gasteiger partial charge on any atom is -0.444 e. The molecule has 2 aromatic rings. The van der Waals surface area contributed by atoms with Crippen molar-refractivity contribution in [3.8, 4) is 0 Å². The van der Waals surface area contributed by atoms with Gasteiger partial charge in [-0.3, -0.25) is 0 Å². The molecule has 2 N–H and O–H groups in total. The van der Waals surface area contributed by atoms with Gasteiger partial charge >= 0.3 is 0 Å². The molecule has 0 amide bonds. The highest BCUT2D eigenvalue weighted by Crippen LogP contribution is 2.33. The summed E-state index contributed by atoms with van der Waals surface area (Å²) in [4.78, 5) is 9.03. The molecule has 0 spiro atoms. The molecule has 3 rings (SSSR count). The molecule has 1 aromatic carbocycles. The van der Waals surface area contributed by atoms with Gasteiger partial charge < -0.3 is 19.8 Å². The second kappa shape index (κ2) is 11.5. The molecule has 2 unspecified atom stereocenters. The molecule has 0 radical (unpaired) electrons. The Kier molecular flexibility index (Phi) is 9.42. The Morgan fingerprint density at radius 2 is 1.93 bits per heavy atom. The van der Waals surface area contributed by atoms with Crippen LogP contribution in [0.5, 0.6) is 0 Å². The largest absolute Gasteiger partial charge is 0.444 e. The molecule has 0 aliphatic carbocycles. The van der Waals surface area contributed by atoms with Gasteiger partial charge in [0.25, 0.3) is 0 Å². The van der Waals surface area contributed by atoms with E-state index in [0.717, 1.165) is 50.0 Å². The summed E-state index contributed by atoms with van der Waals surface area (Å²) < 4.78 is 11.8. The highest BCUT2D eigenvalue weighted by Gasteiger charge is 2.27. The molecule has 1 saturated heterocycles. The van der Waals surface area contributed by atoms with Gasteiger partial charge in [-0.1, -0.05) is 29.8 Å². The Balaban J connectivity index is 0.00000300. The first-order valence-electron chi connectivity index (χ1n) is 10.2. The number of benzene rings is 1. The van der Waals surface area contributed by atoms with Crippen LogP contribution in [0.3, 0.4) is 0 Å². The van der Waals surface area contributed by atoms with E-state index >= 15 is 0 Å². The normalized spacial score (nSPS) is 19.5. The van der Waals surface area contributed by atoms with E-state index in [9.17, 15) is 0 Å². The SMILES string of the molecule is CCNC(=NCc1nc(C)c(C)o1)NCC1CCCOC1c1ccc(C)cc1.I. The van der Waals surface area contributed by atoms with Gasteiger partial charge in [0, 0.05) is 25.6 Å². The van der Waals surface area contributed by atoms with Gasteiger partial charge in [0.05, 0.1) is 11.8 Å². The maximum atomic E-state index is 6.13. The Morgan fingerprint density at radius 3 is 2.59 bits per heavy atom. The lowest BCUT2D eigenvalue weighted by atomic mass is 9.89. The zero-order valence-corrected chi connectivity index (χ0v) is 20.2. The number of nitrogens with one attached hydrogen (secondary N) is 2. The Morgan fingerprint density at radius 1 is 1.17 bits per heavy atom. The summed E-state index contributed by atoms with van der Waals surface area (Å²) in [6.45, 7) is 10.9. The number of oxazole rings is 1. The van der Waals surface area contributed by atoms with Crippen molar-refractivity contribution in [1.29, 1.82) is 0 Å². The monoisotopic (exact) mass is 512 g/mol. The van der Waals surface area contributed by atoms with Crippen molar-refractivity contribution in [2.75, 3.05) is 19.7 Å². The third-order valence-corrected chi connectivity index (χ3v) is 5.17. The number of aryl methyl sites for hydroxylation is 3. The third kappa shape index (κ3) is 6.70. The molecule has 29 heavy (non-hydrogen) atoms. The molecule has 2 heterocycles. The van der Waals surface area contributed by atoms with Crippen molar-refractivity contribution in [3.63, 3.8) is 0 Å². The number of aromatic nitrogens is 1. The highest BCUT2D eigenvalue weighted by molar-refractivity contribution is 14.0. The summed E-state index contributed by atoms with van der Waals surface area (Å²) in [5, 5.41) is 6.79. The van der Waals surface area contributed by atoms with E-state index in [0.29, 0.717) is 18.4 Å². The Labute approximate surface area is 190 Å². The lowest BCUT2D eigenvalue weighted by Crippen LogP contribution is -2.42. The lowest BCUT2D eigenvalue weighted by molar-refractivity contribution is -0.0265. The highest BCUT2D eigenvalue weighted by atomic mass is 127. The number of hydrogen-bond donors (Lipinski definition) is 2. The van der Waals surface area contributed by atoms with Gasteiger partial charge in [-0.25, -0.2) is 9.98 Å². The fourth-order valence-corrected chi connectivity index (χ4v) is 3.50. The van der Waals surface area contributed by atoms with Gasteiger partial charge in [0.1, 0.15) is 12.3 Å². The van der Waals surface area contributed by atoms with Crippen LogP contribution in [-0.2, 0) is 11.3 Å². The van der Waals surface area contributed by atoms with Crippen LogP contribution in [-0.4, -0.2) is 30.6 Å². The minimum atomic E-state index is 0. The van der Waals surface area contributed by atoms with E-state index in [4.69, 9.17) is 9.15 Å². The average Bonchev–Trinajstić information content (AvgIpc) is 3.02. The van der Waals surface area contributed by atoms with Crippen LogP contribution in [0.4, 0.5) is 0 Å². The van der Waals surface area contributed by atoms with Crippen molar-refractivity contribution >= 4 is 29.9 Å². The van der Waals surface area contributed by atoms with Crippen LogP contribution in [0.2, 0.25) is 0 Å². The molecule has 2 atom stereocenters. The Hall–Kier alpha value is -1.61. The summed E-state index contributed by atoms with van der Waals surface area (Å²) in [7, 11) is 0. The van der Waals surface area contributed by atoms with Crippen LogP contribution >= 0.6 is 24.0 Å². The van der Waals surface area contributed by atoms with E-state index in [-0.39, 0.29) is 30.1 Å². The predicted molar refractivity (Wildman–Crippen MR) is 127 cm³/mol. The average molecular weight is 512 g/mol. The lowest BCUT2D eigenvalue weighted by Gasteiger charge is -2.32. The topological polar surface area (TPSA) is 71.7 Å². The second-order valence-corrected chi connectivity index (χ2v) is 7.43. The number of aliphatic imine (C=N–C) groups is 1. The smallest absolute Gasteiger partial charge is 0.216 e. The Bertz CT molecular complexity index is 769. The van der Waals surface area contributed by atoms with Gasteiger partial charge in [-0.05, 0) is 46.1 Å². The maximum Gasteiger partial charge on any atom is 0.216 e. The minimum absolute atomic E-state index is 0. The molecular weight excluding hydrogens is 479 g/mol. The number of halogens is 1. The van der Waals surface area contributed by atoms with E-state index in [2.05, 4.69) is 58.7 Å². The molecule has 6 nitrogen and oxygen atoms in total. The first kappa shape index (κ1) is 23.7. The van der Waals surface area contributed by atoms with Gasteiger partial charge in [0.15, 0.2) is 5.96 Å². The van der Waals surface area contributed by atoms with Crippen molar-refractivity contribution in [2.24, 2.45) is 10.9 Å². The van der Waals surface area contributed by atoms with Crippen LogP contribution in [0, 0.1) is 26.7 Å². The third-order valence-electron chi connectivity index (χ3n) is 5.17. The molecule has 1 aromatic heterocycles. The molecule has 1 fully saturated rings. The standard InChI is InChI=1S/C22H32N4O2.HI/c1-5-23-22(25-14-20-26-16(3)17(4)28-20)24-13-19-7-6-12-27-21(19)18-10-8-15(2)9-11-18;/h8-11,19,21H,5-7,12-14H2,1-4H3,(H2,23,24,25);1H. The number of hydrogen-bond acceptors (Lipinski definition) is 4. The molecule has 0 bridgehead atoms. The van der Waals surface area contributed by atoms with Crippen molar-refractivity contribution < 1.29 is 9.15 Å². The van der Waals surface area contributed by atoms with Crippen LogP contribution < -0.4 is 10.6 Å². The summed E-state index contributed by atoms with van der Waals surface area (Å²) in [6.07, 6.45) is 2.36. The van der Waals surface area contributed by atoms with Crippen LogP contribution in [0.15, 0.2) is 33.7 Å². The zero-order valence-electron chi connectivity index (χ0n) is 17.8. The van der Waals surface area contributed by atoms with E-state index in [1.165, 1.54) is 11.1 Å². The summed E-state index contributed by atoms with van der Waals surface area (Å²) in [5.74, 6) is 2.69. The van der Waals surface area contributed by atoms with Crippen LogP contribution in [0.1, 0.15) is 54.3 Å². The number of guanidine groups is 1. The molecule has 1 aliphatic rings. The van der Waals surface area contributed by atoms with E-state index in [1.807, 2.05) is 13.8 Å². The number of rotatable bonds is 6. The van der Waals surface area contributed by atoms with Crippen LogP contribution in [0.25, 0.3) is 0 Å². The summed E-state index contributed by atoms with van der Waals surface area (Å²) in [6, 6.07) is 8.68. The fourth-order valence-electron chi connectivity index (χ4n) is 3.50. The first-order valence-corrected chi connectivity index (χ1v) is 10.2. The van der Waals surface area contributed by atoms with Gasteiger partial charge in [-0.15, -0.1) is 24.0 Å². The second-order valence-electron chi connectivity index (χ2n) is 7.43. The molecule has 7 heteroatoms. The quantitative estimate of drug-likeness (QED) is 0.340.